The van der Waals surface area contributed by atoms with Crippen molar-refractivity contribution < 1.29 is 0 Å². The van der Waals surface area contributed by atoms with Crippen molar-refractivity contribution in [3.8, 4) is 0 Å². The van der Waals surface area contributed by atoms with Gasteiger partial charge in [-0.15, -0.1) is 0 Å². The van der Waals surface area contributed by atoms with Crippen LogP contribution < -0.4 is 5.32 Å². The van der Waals surface area contributed by atoms with Gasteiger partial charge in [0.1, 0.15) is 0 Å². The largest absolute Gasteiger partial charge is 0.311 e. The Balaban J connectivity index is 2.38. The highest BCUT2D eigenvalue weighted by molar-refractivity contribution is 9.10. The molecule has 1 N–H and O–H groups in total. The van der Waals surface area contributed by atoms with Crippen molar-refractivity contribution in [2.45, 2.75) is 46.3 Å². The number of benzene rings is 1. The molecule has 2 nitrogen and oxygen atoms in total. The third-order valence-corrected chi connectivity index (χ3v) is 4.05. The zero-order valence-corrected chi connectivity index (χ0v) is 14.6. The van der Waals surface area contributed by atoms with E-state index in [-0.39, 0.29) is 0 Å². The van der Waals surface area contributed by atoms with E-state index in [0.717, 1.165) is 34.7 Å². The van der Waals surface area contributed by atoms with Crippen LogP contribution in [-0.2, 0) is 6.54 Å². The monoisotopic (exact) mass is 346 g/mol. The van der Waals surface area contributed by atoms with Crippen molar-refractivity contribution in [1.82, 2.24) is 10.2 Å². The van der Waals surface area contributed by atoms with Crippen LogP contribution >= 0.6 is 27.5 Å². The molecule has 0 aliphatic heterocycles. The maximum Gasteiger partial charge on any atom is 0.0462 e. The summed E-state index contributed by atoms with van der Waals surface area (Å²) >= 11 is 9.61. The normalized spacial score (nSPS) is 11.8. The molecule has 108 valence electrons. The average molecular weight is 348 g/mol. The van der Waals surface area contributed by atoms with E-state index in [9.17, 15) is 0 Å². The molecule has 4 heteroatoms. The molecule has 0 bridgehead atoms. The SMILES string of the molecule is CC(C)N(CCNCc1ccc(Br)cc1Cl)C(C)C. The van der Waals surface area contributed by atoms with E-state index >= 15 is 0 Å². The van der Waals surface area contributed by atoms with E-state index in [0.29, 0.717) is 12.1 Å². The van der Waals surface area contributed by atoms with Gasteiger partial charge in [0.2, 0.25) is 0 Å². The summed E-state index contributed by atoms with van der Waals surface area (Å²) in [6.45, 7) is 11.8. The van der Waals surface area contributed by atoms with Crippen molar-refractivity contribution in [2.24, 2.45) is 0 Å². The fourth-order valence-electron chi connectivity index (χ4n) is 2.21. The second-order valence-electron chi connectivity index (χ2n) is 5.34. The van der Waals surface area contributed by atoms with Crippen LogP contribution in [0.25, 0.3) is 0 Å². The first-order valence-electron chi connectivity index (χ1n) is 6.82. The van der Waals surface area contributed by atoms with Crippen LogP contribution in [0, 0.1) is 0 Å². The van der Waals surface area contributed by atoms with Crippen LogP contribution in [-0.4, -0.2) is 30.1 Å². The smallest absolute Gasteiger partial charge is 0.0462 e. The van der Waals surface area contributed by atoms with Crippen LogP contribution in [0.4, 0.5) is 0 Å². The molecule has 0 spiro atoms. The molecule has 0 saturated carbocycles. The Morgan fingerprint density at radius 3 is 2.37 bits per heavy atom. The Hall–Kier alpha value is -0.0900. The summed E-state index contributed by atoms with van der Waals surface area (Å²) in [7, 11) is 0. The molecule has 1 aromatic rings. The number of nitrogens with zero attached hydrogens (tertiary/aromatic N) is 1. The van der Waals surface area contributed by atoms with Crippen molar-refractivity contribution >= 4 is 27.5 Å². The lowest BCUT2D eigenvalue weighted by atomic mass is 10.2. The Morgan fingerprint density at radius 2 is 1.84 bits per heavy atom. The molecule has 0 aliphatic carbocycles. The first-order valence-corrected chi connectivity index (χ1v) is 7.99. The van der Waals surface area contributed by atoms with Gasteiger partial charge in [0.15, 0.2) is 0 Å². The minimum Gasteiger partial charge on any atom is -0.311 e. The highest BCUT2D eigenvalue weighted by Crippen LogP contribution is 2.21. The second-order valence-corrected chi connectivity index (χ2v) is 6.66. The first-order chi connectivity index (χ1) is 8.91. The van der Waals surface area contributed by atoms with Crippen LogP contribution in [0.2, 0.25) is 5.02 Å². The van der Waals surface area contributed by atoms with Gasteiger partial charge < -0.3 is 5.32 Å². The summed E-state index contributed by atoms with van der Waals surface area (Å²) in [5.41, 5.74) is 1.14. The maximum absolute atomic E-state index is 6.19. The van der Waals surface area contributed by atoms with E-state index in [1.165, 1.54) is 0 Å². The van der Waals surface area contributed by atoms with E-state index in [1.54, 1.807) is 0 Å². The van der Waals surface area contributed by atoms with Crippen LogP contribution in [0.5, 0.6) is 0 Å². The predicted molar refractivity (Wildman–Crippen MR) is 87.8 cm³/mol. The minimum absolute atomic E-state index is 0.582. The molecule has 1 aromatic carbocycles. The van der Waals surface area contributed by atoms with Gasteiger partial charge in [-0.3, -0.25) is 4.90 Å². The summed E-state index contributed by atoms with van der Waals surface area (Å²) in [5.74, 6) is 0. The highest BCUT2D eigenvalue weighted by Gasteiger charge is 2.12. The molecule has 0 fully saturated rings. The zero-order valence-electron chi connectivity index (χ0n) is 12.2. The Kier molecular flexibility index (Phi) is 7.37. The van der Waals surface area contributed by atoms with E-state index in [4.69, 9.17) is 11.6 Å². The fourth-order valence-corrected chi connectivity index (χ4v) is 2.95. The average Bonchev–Trinajstić information content (AvgIpc) is 2.30. The van der Waals surface area contributed by atoms with E-state index in [2.05, 4.69) is 59.9 Å². The molecule has 0 unspecified atom stereocenters. The Morgan fingerprint density at radius 1 is 1.21 bits per heavy atom. The Labute approximate surface area is 130 Å². The molecule has 19 heavy (non-hydrogen) atoms. The van der Waals surface area contributed by atoms with Gasteiger partial charge in [0.25, 0.3) is 0 Å². The summed E-state index contributed by atoms with van der Waals surface area (Å²) in [4.78, 5) is 2.48. The second kappa shape index (κ2) is 8.25. The molecular formula is C15H24BrClN2. The number of hydrogen-bond donors (Lipinski definition) is 1. The van der Waals surface area contributed by atoms with Crippen molar-refractivity contribution in [2.75, 3.05) is 13.1 Å². The van der Waals surface area contributed by atoms with Crippen LogP contribution in [0.15, 0.2) is 22.7 Å². The number of rotatable bonds is 7. The number of hydrogen-bond acceptors (Lipinski definition) is 2. The minimum atomic E-state index is 0.582. The lowest BCUT2D eigenvalue weighted by molar-refractivity contribution is 0.176. The standard InChI is InChI=1S/C15H24BrClN2/c1-11(2)19(12(3)4)8-7-18-10-13-5-6-14(16)9-15(13)17/h5-6,9,11-12,18H,7-8,10H2,1-4H3. The fraction of sp³-hybridized carbons (Fsp3) is 0.600. The van der Waals surface area contributed by atoms with E-state index in [1.807, 2.05) is 12.1 Å². The van der Waals surface area contributed by atoms with Crippen molar-refractivity contribution in [1.29, 1.82) is 0 Å². The van der Waals surface area contributed by atoms with Crippen LogP contribution in [0.3, 0.4) is 0 Å². The molecule has 0 radical (unpaired) electrons. The van der Waals surface area contributed by atoms with Gasteiger partial charge in [-0.05, 0) is 45.4 Å². The molecule has 0 aliphatic rings. The van der Waals surface area contributed by atoms with Gasteiger partial charge in [-0.25, -0.2) is 0 Å². The quantitative estimate of drug-likeness (QED) is 0.739. The molecule has 0 atom stereocenters. The summed E-state index contributed by atoms with van der Waals surface area (Å²) in [6.07, 6.45) is 0. The molecular weight excluding hydrogens is 324 g/mol. The highest BCUT2D eigenvalue weighted by atomic mass is 79.9. The topological polar surface area (TPSA) is 15.3 Å². The van der Waals surface area contributed by atoms with Gasteiger partial charge in [-0.1, -0.05) is 33.6 Å². The lowest BCUT2D eigenvalue weighted by Crippen LogP contribution is -2.41. The summed E-state index contributed by atoms with van der Waals surface area (Å²) in [6, 6.07) is 7.18. The van der Waals surface area contributed by atoms with E-state index < -0.39 is 0 Å². The maximum atomic E-state index is 6.19. The summed E-state index contributed by atoms with van der Waals surface area (Å²) < 4.78 is 1.02. The molecule has 1 rings (SSSR count). The van der Waals surface area contributed by atoms with Crippen molar-refractivity contribution in [3.05, 3.63) is 33.3 Å². The molecule has 0 amide bonds. The van der Waals surface area contributed by atoms with Gasteiger partial charge in [0.05, 0.1) is 0 Å². The summed E-state index contributed by atoms with van der Waals surface area (Å²) in [5, 5.41) is 4.27. The molecule has 0 saturated heterocycles. The molecule has 0 heterocycles. The predicted octanol–water partition coefficient (Wildman–Crippen LogP) is 4.31. The third-order valence-electron chi connectivity index (χ3n) is 3.20. The zero-order chi connectivity index (χ0) is 14.4. The third kappa shape index (κ3) is 5.82. The number of nitrogens with one attached hydrogen (secondary N) is 1. The van der Waals surface area contributed by atoms with Gasteiger partial charge >= 0.3 is 0 Å². The van der Waals surface area contributed by atoms with Crippen LogP contribution in [0.1, 0.15) is 33.3 Å². The first kappa shape index (κ1) is 17.0. The number of halogens is 2. The lowest BCUT2D eigenvalue weighted by Gasteiger charge is -2.30. The Bertz CT molecular complexity index is 386. The van der Waals surface area contributed by atoms with Gasteiger partial charge in [-0.2, -0.15) is 0 Å². The molecule has 0 aromatic heterocycles. The van der Waals surface area contributed by atoms with Crippen molar-refractivity contribution in [3.63, 3.8) is 0 Å². The van der Waals surface area contributed by atoms with Gasteiger partial charge in [0, 0.05) is 41.2 Å².